The van der Waals surface area contributed by atoms with Crippen molar-refractivity contribution in [1.29, 1.82) is 0 Å². The van der Waals surface area contributed by atoms with Crippen LogP contribution in [0.15, 0.2) is 36.5 Å². The fourth-order valence-electron chi connectivity index (χ4n) is 3.51. The number of aromatic nitrogens is 4. The van der Waals surface area contributed by atoms with E-state index in [2.05, 4.69) is 51.6 Å². The fraction of sp³-hybridized carbons (Fsp3) is 0.350. The van der Waals surface area contributed by atoms with E-state index in [1.165, 1.54) is 16.8 Å². The first-order valence-electron chi connectivity index (χ1n) is 8.75. The summed E-state index contributed by atoms with van der Waals surface area (Å²) in [6, 6.07) is 10.3. The molecule has 4 rings (SSSR count). The summed E-state index contributed by atoms with van der Waals surface area (Å²) in [4.78, 5) is 11.6. The van der Waals surface area contributed by atoms with Gasteiger partial charge in [0.05, 0.1) is 23.6 Å². The van der Waals surface area contributed by atoms with Gasteiger partial charge in [-0.25, -0.2) is 0 Å². The zero-order valence-electron chi connectivity index (χ0n) is 15.0. The zero-order valence-corrected chi connectivity index (χ0v) is 15.0. The molecular weight excluding hydrogens is 310 g/mol. The Balaban J connectivity index is 1.60. The van der Waals surface area contributed by atoms with Crippen LogP contribution in [0.3, 0.4) is 0 Å². The Bertz CT molecular complexity index is 912. The Hall–Kier alpha value is -2.53. The van der Waals surface area contributed by atoms with E-state index in [0.717, 1.165) is 49.0 Å². The van der Waals surface area contributed by atoms with E-state index >= 15 is 0 Å². The minimum absolute atomic E-state index is 0.879. The molecule has 0 aliphatic carbocycles. The van der Waals surface area contributed by atoms with Crippen LogP contribution < -0.4 is 0 Å². The van der Waals surface area contributed by atoms with Gasteiger partial charge in [0.2, 0.25) is 0 Å². The quantitative estimate of drug-likeness (QED) is 0.738. The normalized spacial score (nSPS) is 14.5. The highest BCUT2D eigenvalue weighted by Gasteiger charge is 2.23. The summed E-state index contributed by atoms with van der Waals surface area (Å²) in [6.07, 6.45) is 1.84. The van der Waals surface area contributed by atoms with Crippen molar-refractivity contribution >= 4 is 0 Å². The summed E-state index contributed by atoms with van der Waals surface area (Å²) < 4.78 is 2.15. The third kappa shape index (κ3) is 3.07. The second kappa shape index (κ2) is 6.41. The van der Waals surface area contributed by atoms with Gasteiger partial charge in [0, 0.05) is 37.1 Å². The highest BCUT2D eigenvalue weighted by Crippen LogP contribution is 2.28. The Kier molecular flexibility index (Phi) is 4.09. The van der Waals surface area contributed by atoms with Gasteiger partial charge in [0.15, 0.2) is 0 Å². The van der Waals surface area contributed by atoms with Gasteiger partial charge in [-0.05, 0) is 44.5 Å². The van der Waals surface area contributed by atoms with Gasteiger partial charge in [0.1, 0.15) is 5.69 Å². The lowest BCUT2D eigenvalue weighted by Gasteiger charge is -2.27. The average molecular weight is 333 g/mol. The van der Waals surface area contributed by atoms with Crippen molar-refractivity contribution in [2.75, 3.05) is 6.54 Å². The number of aryl methyl sites for hydroxylation is 2. The maximum absolute atomic E-state index is 4.85. The number of rotatable bonds is 3. The number of hydrogen-bond donors (Lipinski definition) is 0. The number of nitrogens with zero attached hydrogens (tertiary/aromatic N) is 5. The largest absolute Gasteiger partial charge is 0.290 e. The molecule has 0 bridgehead atoms. The van der Waals surface area contributed by atoms with Crippen molar-refractivity contribution in [2.45, 2.75) is 40.4 Å². The molecule has 0 atom stereocenters. The van der Waals surface area contributed by atoms with E-state index in [1.54, 1.807) is 0 Å². The van der Waals surface area contributed by atoms with E-state index in [-0.39, 0.29) is 0 Å². The van der Waals surface area contributed by atoms with Crippen molar-refractivity contribution < 1.29 is 0 Å². The molecule has 128 valence electrons. The molecule has 0 aromatic carbocycles. The molecule has 0 saturated carbocycles. The van der Waals surface area contributed by atoms with E-state index in [9.17, 15) is 0 Å². The number of fused-ring (bicyclic) bond motifs is 1. The summed E-state index contributed by atoms with van der Waals surface area (Å²) in [6.45, 7) is 9.98. The van der Waals surface area contributed by atoms with Gasteiger partial charge in [-0.3, -0.25) is 19.5 Å². The van der Waals surface area contributed by atoms with Gasteiger partial charge in [-0.2, -0.15) is 5.10 Å². The molecule has 0 amide bonds. The van der Waals surface area contributed by atoms with Crippen LogP contribution in [0.25, 0.3) is 11.4 Å². The minimum atomic E-state index is 0.879. The van der Waals surface area contributed by atoms with Crippen molar-refractivity contribution in [2.24, 2.45) is 0 Å². The molecule has 0 N–H and O–H groups in total. The summed E-state index contributed by atoms with van der Waals surface area (Å²) >= 11 is 0. The van der Waals surface area contributed by atoms with E-state index in [4.69, 9.17) is 5.10 Å². The lowest BCUT2D eigenvalue weighted by Crippen LogP contribution is -2.34. The third-order valence-electron chi connectivity index (χ3n) is 4.89. The van der Waals surface area contributed by atoms with E-state index in [0.29, 0.717) is 0 Å². The van der Waals surface area contributed by atoms with E-state index in [1.807, 2.05) is 25.3 Å². The molecule has 3 aromatic heterocycles. The molecule has 0 unspecified atom stereocenters. The predicted octanol–water partition coefficient (Wildman–Crippen LogP) is 3.28. The maximum atomic E-state index is 4.85. The van der Waals surface area contributed by atoms with Crippen molar-refractivity contribution in [1.82, 2.24) is 24.6 Å². The molecule has 5 nitrogen and oxygen atoms in total. The lowest BCUT2D eigenvalue weighted by atomic mass is 10.1. The summed E-state index contributed by atoms with van der Waals surface area (Å²) in [5.41, 5.74) is 7.91. The second-order valence-corrected chi connectivity index (χ2v) is 6.79. The summed E-state index contributed by atoms with van der Waals surface area (Å²) in [5.74, 6) is 0. The Labute approximate surface area is 148 Å². The van der Waals surface area contributed by atoms with Gasteiger partial charge >= 0.3 is 0 Å². The summed E-state index contributed by atoms with van der Waals surface area (Å²) in [5, 5.41) is 4.85. The molecular formula is C20H23N5. The molecule has 0 radical (unpaired) electrons. The molecule has 0 saturated heterocycles. The van der Waals surface area contributed by atoms with Crippen LogP contribution in [0.5, 0.6) is 0 Å². The Morgan fingerprint density at radius 2 is 1.88 bits per heavy atom. The van der Waals surface area contributed by atoms with Gasteiger partial charge in [-0.15, -0.1) is 0 Å². The molecule has 5 heteroatoms. The maximum Gasteiger partial charge on any atom is 0.114 e. The molecule has 25 heavy (non-hydrogen) atoms. The van der Waals surface area contributed by atoms with Gasteiger partial charge in [-0.1, -0.05) is 12.1 Å². The minimum Gasteiger partial charge on any atom is -0.290 e. The lowest BCUT2D eigenvalue weighted by molar-refractivity contribution is 0.202. The first kappa shape index (κ1) is 16.0. The predicted molar refractivity (Wildman–Crippen MR) is 98.0 cm³/mol. The highest BCUT2D eigenvalue weighted by atomic mass is 15.3. The Morgan fingerprint density at radius 1 is 1.00 bits per heavy atom. The summed E-state index contributed by atoms with van der Waals surface area (Å²) in [7, 11) is 0. The molecule has 3 aromatic rings. The van der Waals surface area contributed by atoms with E-state index < -0.39 is 0 Å². The molecule has 1 aliphatic heterocycles. The topological polar surface area (TPSA) is 46.8 Å². The molecule has 0 fully saturated rings. The highest BCUT2D eigenvalue weighted by molar-refractivity contribution is 5.63. The first-order chi connectivity index (χ1) is 12.1. The number of hydrogen-bond acceptors (Lipinski definition) is 4. The first-order valence-corrected chi connectivity index (χ1v) is 8.75. The zero-order chi connectivity index (χ0) is 17.4. The number of pyridine rings is 2. The van der Waals surface area contributed by atoms with Crippen molar-refractivity contribution in [3.8, 4) is 11.4 Å². The monoisotopic (exact) mass is 333 g/mol. The fourth-order valence-corrected chi connectivity index (χ4v) is 3.51. The van der Waals surface area contributed by atoms with Gasteiger partial charge in [0.25, 0.3) is 0 Å². The standard InChI is InChI=1S/C20H23N5/c1-14-6-5-9-21-19(14)20-16(3)18-13-24(10-11-25(18)23-20)12-17-8-4-7-15(2)22-17/h4-9H,10-13H2,1-3H3. The molecule has 4 heterocycles. The SMILES string of the molecule is Cc1cccc(CN2CCn3nc(-c4ncccc4C)c(C)c3C2)n1. The van der Waals surface area contributed by atoms with Crippen LogP contribution in [-0.4, -0.2) is 31.2 Å². The van der Waals surface area contributed by atoms with Crippen LogP contribution in [0.2, 0.25) is 0 Å². The van der Waals surface area contributed by atoms with Crippen LogP contribution in [0.1, 0.15) is 28.2 Å². The average Bonchev–Trinajstić information content (AvgIpc) is 2.92. The van der Waals surface area contributed by atoms with Crippen LogP contribution in [0, 0.1) is 20.8 Å². The Morgan fingerprint density at radius 3 is 2.68 bits per heavy atom. The van der Waals surface area contributed by atoms with Gasteiger partial charge < -0.3 is 0 Å². The van der Waals surface area contributed by atoms with Crippen molar-refractivity contribution in [3.05, 3.63) is 64.7 Å². The second-order valence-electron chi connectivity index (χ2n) is 6.79. The third-order valence-corrected chi connectivity index (χ3v) is 4.89. The van der Waals surface area contributed by atoms with Crippen LogP contribution in [0.4, 0.5) is 0 Å². The van der Waals surface area contributed by atoms with Crippen LogP contribution >= 0.6 is 0 Å². The van der Waals surface area contributed by atoms with Crippen LogP contribution in [-0.2, 0) is 19.6 Å². The molecule has 1 aliphatic rings. The smallest absolute Gasteiger partial charge is 0.114 e. The van der Waals surface area contributed by atoms with Crippen molar-refractivity contribution in [3.63, 3.8) is 0 Å². The molecule has 0 spiro atoms.